The van der Waals surface area contributed by atoms with Crippen molar-refractivity contribution in [2.24, 2.45) is 0 Å². The summed E-state index contributed by atoms with van der Waals surface area (Å²) in [5.41, 5.74) is 1.02. The van der Waals surface area contributed by atoms with Crippen molar-refractivity contribution in [1.82, 2.24) is 25.1 Å². The predicted molar refractivity (Wildman–Crippen MR) is 85.4 cm³/mol. The van der Waals surface area contributed by atoms with Crippen molar-refractivity contribution in [3.8, 4) is 11.4 Å². The quantitative estimate of drug-likeness (QED) is 0.852. The van der Waals surface area contributed by atoms with Crippen LogP contribution in [0.3, 0.4) is 0 Å². The number of piperidine rings is 1. The van der Waals surface area contributed by atoms with Gasteiger partial charge in [0.25, 0.3) is 0 Å². The minimum Gasteiger partial charge on any atom is -0.303 e. The van der Waals surface area contributed by atoms with Crippen LogP contribution in [0.1, 0.15) is 25.7 Å². The van der Waals surface area contributed by atoms with E-state index < -0.39 is 0 Å². The summed E-state index contributed by atoms with van der Waals surface area (Å²) < 4.78 is 0. The van der Waals surface area contributed by atoms with Gasteiger partial charge in [-0.25, -0.2) is 0 Å². The third kappa shape index (κ3) is 4.51. The number of hydrogen-bond donors (Lipinski definition) is 0. The lowest BCUT2D eigenvalue weighted by Gasteiger charge is -2.26. The predicted octanol–water partition coefficient (Wildman–Crippen LogP) is 2.64. The summed E-state index contributed by atoms with van der Waals surface area (Å²) in [4.78, 5) is 4.25. The molecule has 1 saturated heterocycles. The Hall–Kier alpha value is -1.46. The van der Waals surface area contributed by atoms with Crippen molar-refractivity contribution in [3.05, 3.63) is 30.3 Å². The number of rotatable bonds is 5. The van der Waals surface area contributed by atoms with E-state index in [0.717, 1.165) is 25.1 Å². The largest absolute Gasteiger partial charge is 0.303 e. The van der Waals surface area contributed by atoms with E-state index >= 15 is 0 Å². The van der Waals surface area contributed by atoms with Crippen molar-refractivity contribution in [2.75, 3.05) is 19.6 Å². The van der Waals surface area contributed by atoms with Gasteiger partial charge in [0.15, 0.2) is 0 Å². The molecule has 1 aliphatic heterocycles. The Morgan fingerprint density at radius 2 is 1.71 bits per heavy atom. The zero-order valence-electron chi connectivity index (χ0n) is 12.2. The van der Waals surface area contributed by atoms with Crippen molar-refractivity contribution >= 4 is 12.4 Å². The van der Waals surface area contributed by atoms with Gasteiger partial charge in [0.2, 0.25) is 5.82 Å². The minimum atomic E-state index is 0. The van der Waals surface area contributed by atoms with Crippen LogP contribution in [0.25, 0.3) is 11.4 Å². The molecule has 0 unspecified atom stereocenters. The van der Waals surface area contributed by atoms with E-state index in [0.29, 0.717) is 5.82 Å². The molecule has 2 aromatic rings. The molecule has 0 aliphatic carbocycles. The fourth-order valence-electron chi connectivity index (χ4n) is 2.66. The Bertz CT molecular complexity index is 522. The summed E-state index contributed by atoms with van der Waals surface area (Å²) in [5.74, 6) is 0.712. The van der Waals surface area contributed by atoms with E-state index in [-0.39, 0.29) is 12.4 Å². The van der Waals surface area contributed by atoms with Gasteiger partial charge in [-0.15, -0.1) is 22.6 Å². The average molecular weight is 308 g/mol. The first-order valence-electron chi connectivity index (χ1n) is 7.47. The number of likely N-dealkylation sites (tertiary alicyclic amines) is 1. The second kappa shape index (κ2) is 8.10. The number of nitrogens with zero attached hydrogens (tertiary/aromatic N) is 5. The van der Waals surface area contributed by atoms with Crippen LogP contribution < -0.4 is 0 Å². The smallest absolute Gasteiger partial charge is 0.204 e. The molecule has 0 amide bonds. The fourth-order valence-corrected chi connectivity index (χ4v) is 2.66. The Balaban J connectivity index is 0.00000161. The summed E-state index contributed by atoms with van der Waals surface area (Å²) in [7, 11) is 0. The highest BCUT2D eigenvalue weighted by Gasteiger charge is 2.10. The van der Waals surface area contributed by atoms with Crippen LogP contribution in [-0.4, -0.2) is 44.7 Å². The number of aryl methyl sites for hydroxylation is 1. The Labute approximate surface area is 131 Å². The number of tetrazole rings is 1. The number of benzene rings is 1. The third-order valence-electron chi connectivity index (χ3n) is 3.77. The molecule has 0 saturated carbocycles. The highest BCUT2D eigenvalue weighted by molar-refractivity contribution is 5.85. The fraction of sp³-hybridized carbons (Fsp3) is 0.533. The van der Waals surface area contributed by atoms with E-state index in [1.807, 2.05) is 30.3 Å². The first-order valence-corrected chi connectivity index (χ1v) is 7.47. The van der Waals surface area contributed by atoms with Gasteiger partial charge in [0.05, 0.1) is 6.54 Å². The molecule has 2 heterocycles. The summed E-state index contributed by atoms with van der Waals surface area (Å²) in [6, 6.07) is 10.00. The van der Waals surface area contributed by atoms with Crippen molar-refractivity contribution in [2.45, 2.75) is 32.2 Å². The minimum absolute atomic E-state index is 0. The van der Waals surface area contributed by atoms with E-state index in [1.54, 1.807) is 4.80 Å². The molecular weight excluding hydrogens is 286 g/mol. The van der Waals surface area contributed by atoms with Crippen LogP contribution in [-0.2, 0) is 6.54 Å². The molecule has 3 rings (SSSR count). The van der Waals surface area contributed by atoms with Crippen LogP contribution in [0.15, 0.2) is 30.3 Å². The van der Waals surface area contributed by atoms with E-state index in [9.17, 15) is 0 Å². The monoisotopic (exact) mass is 307 g/mol. The van der Waals surface area contributed by atoms with Crippen molar-refractivity contribution in [1.29, 1.82) is 0 Å². The highest BCUT2D eigenvalue weighted by atomic mass is 35.5. The zero-order chi connectivity index (χ0) is 13.6. The van der Waals surface area contributed by atoms with Gasteiger partial charge < -0.3 is 4.90 Å². The molecule has 114 valence electrons. The molecule has 21 heavy (non-hydrogen) atoms. The number of halogens is 1. The lowest BCUT2D eigenvalue weighted by atomic mass is 10.1. The van der Waals surface area contributed by atoms with Gasteiger partial charge in [-0.05, 0) is 44.1 Å². The zero-order valence-corrected chi connectivity index (χ0v) is 13.0. The topological polar surface area (TPSA) is 46.8 Å². The van der Waals surface area contributed by atoms with Gasteiger partial charge in [0.1, 0.15) is 0 Å². The maximum Gasteiger partial charge on any atom is 0.204 e. The van der Waals surface area contributed by atoms with Crippen molar-refractivity contribution < 1.29 is 0 Å². The van der Waals surface area contributed by atoms with Crippen LogP contribution >= 0.6 is 12.4 Å². The number of hydrogen-bond acceptors (Lipinski definition) is 4. The first kappa shape index (κ1) is 15.9. The van der Waals surface area contributed by atoms with Gasteiger partial charge in [-0.2, -0.15) is 4.80 Å². The summed E-state index contributed by atoms with van der Waals surface area (Å²) >= 11 is 0. The van der Waals surface area contributed by atoms with Gasteiger partial charge in [0, 0.05) is 5.56 Å². The first-order chi connectivity index (χ1) is 9.92. The second-order valence-electron chi connectivity index (χ2n) is 5.33. The molecular formula is C15H22ClN5. The molecule has 5 nitrogen and oxygen atoms in total. The molecule has 0 atom stereocenters. The summed E-state index contributed by atoms with van der Waals surface area (Å²) in [6.07, 6.45) is 5.17. The van der Waals surface area contributed by atoms with Crippen LogP contribution in [0.2, 0.25) is 0 Å². The van der Waals surface area contributed by atoms with Gasteiger partial charge in [-0.3, -0.25) is 0 Å². The standard InChI is InChI=1S/C15H21N5.ClH/c1-3-8-14(9-4-1)15-16-18-20(17-15)13-7-12-19-10-5-2-6-11-19;/h1,3-4,8-9H,2,5-7,10-13H2;1H. The lowest BCUT2D eigenvalue weighted by Crippen LogP contribution is -2.31. The maximum absolute atomic E-state index is 4.44. The molecule has 0 bridgehead atoms. The van der Waals surface area contributed by atoms with Crippen LogP contribution in [0.4, 0.5) is 0 Å². The van der Waals surface area contributed by atoms with E-state index in [2.05, 4.69) is 20.3 Å². The molecule has 1 aromatic carbocycles. The van der Waals surface area contributed by atoms with Gasteiger partial charge >= 0.3 is 0 Å². The third-order valence-corrected chi connectivity index (χ3v) is 3.77. The molecule has 6 heteroatoms. The number of aromatic nitrogens is 4. The normalized spacial score (nSPS) is 15.6. The van der Waals surface area contributed by atoms with Gasteiger partial charge in [-0.1, -0.05) is 36.8 Å². The Kier molecular flexibility index (Phi) is 6.14. The molecule has 1 aromatic heterocycles. The maximum atomic E-state index is 4.44. The summed E-state index contributed by atoms with van der Waals surface area (Å²) in [6.45, 7) is 4.48. The molecule has 0 radical (unpaired) electrons. The Morgan fingerprint density at radius 1 is 0.952 bits per heavy atom. The van der Waals surface area contributed by atoms with Crippen LogP contribution in [0, 0.1) is 0 Å². The molecule has 1 aliphatic rings. The second-order valence-corrected chi connectivity index (χ2v) is 5.33. The lowest BCUT2D eigenvalue weighted by molar-refractivity contribution is 0.220. The van der Waals surface area contributed by atoms with E-state index in [4.69, 9.17) is 0 Å². The molecule has 0 N–H and O–H groups in total. The SMILES string of the molecule is Cl.c1ccc(-c2nnn(CCCN3CCCCC3)n2)cc1. The molecule has 0 spiro atoms. The Morgan fingerprint density at radius 3 is 2.48 bits per heavy atom. The van der Waals surface area contributed by atoms with Crippen LogP contribution in [0.5, 0.6) is 0 Å². The highest BCUT2D eigenvalue weighted by Crippen LogP contribution is 2.12. The summed E-state index contributed by atoms with van der Waals surface area (Å²) in [5, 5.41) is 12.7. The van der Waals surface area contributed by atoms with E-state index in [1.165, 1.54) is 32.4 Å². The molecule has 1 fully saturated rings. The average Bonchev–Trinajstić information content (AvgIpc) is 2.98. The van der Waals surface area contributed by atoms with Crippen molar-refractivity contribution in [3.63, 3.8) is 0 Å².